The Labute approximate surface area is 159 Å². The van der Waals surface area contributed by atoms with Crippen LogP contribution in [-0.4, -0.2) is 57.8 Å². The lowest BCUT2D eigenvalue weighted by Crippen LogP contribution is -2.70. The van der Waals surface area contributed by atoms with Crippen molar-refractivity contribution < 1.29 is 24.2 Å². The minimum absolute atomic E-state index is 0.0501. The lowest BCUT2D eigenvalue weighted by molar-refractivity contribution is -0.647. The number of carbonyl (C=O) groups is 3. The molecule has 2 amide bonds. The van der Waals surface area contributed by atoms with E-state index in [1.807, 2.05) is 31.6 Å². The highest BCUT2D eigenvalue weighted by Crippen LogP contribution is 2.41. The van der Waals surface area contributed by atoms with Gasteiger partial charge in [-0.15, -0.1) is 23.5 Å². The zero-order valence-corrected chi connectivity index (χ0v) is 15.9. The summed E-state index contributed by atoms with van der Waals surface area (Å²) in [6, 6.07) is 3.22. The topological polar surface area (TPSA) is 103 Å². The van der Waals surface area contributed by atoms with E-state index in [9.17, 15) is 19.5 Å². The molecule has 138 valence electrons. The number of hydrogen-bond acceptors (Lipinski definition) is 6. The summed E-state index contributed by atoms with van der Waals surface area (Å²) in [5, 5.41) is 11.9. The van der Waals surface area contributed by atoms with Crippen molar-refractivity contribution in [3.8, 4) is 0 Å². The number of hydrogen-bond donors (Lipinski definition) is 3. The molecule has 2 aliphatic rings. The van der Waals surface area contributed by atoms with Gasteiger partial charge in [-0.25, -0.2) is 4.79 Å². The van der Waals surface area contributed by atoms with Crippen LogP contribution in [0.4, 0.5) is 0 Å². The SMILES string of the molecule is CN[n+]1ccc(SCC2=C(C(=O)O)N3C(=O)C(NC(C)=O)C3SC2)cc1. The fourth-order valence-corrected chi connectivity index (χ4v) is 5.21. The summed E-state index contributed by atoms with van der Waals surface area (Å²) in [5.41, 5.74) is 3.73. The van der Waals surface area contributed by atoms with Crippen molar-refractivity contribution in [2.75, 3.05) is 24.0 Å². The first-order valence-electron chi connectivity index (χ1n) is 7.91. The standard InChI is InChI=1S/C16H18N4O4S2/c1-9(21)18-12-14(22)20-13(16(23)24)10(8-26-15(12)20)7-25-11-3-5-19(17-2)6-4-11/h3-6,12,15,17H,7-8H2,1-2H3,(H-,18,21,23,24)/p+1. The lowest BCUT2D eigenvalue weighted by Gasteiger charge is -2.49. The monoisotopic (exact) mass is 395 g/mol. The molecule has 1 aromatic heterocycles. The molecule has 2 atom stereocenters. The largest absolute Gasteiger partial charge is 0.477 e. The second-order valence-corrected chi connectivity index (χ2v) is 7.95. The Hall–Kier alpha value is -2.20. The summed E-state index contributed by atoms with van der Waals surface area (Å²) in [6.07, 6.45) is 3.74. The van der Waals surface area contributed by atoms with Gasteiger partial charge in [0.15, 0.2) is 0 Å². The van der Waals surface area contributed by atoms with Crippen LogP contribution in [0.15, 0.2) is 40.7 Å². The first-order chi connectivity index (χ1) is 12.4. The van der Waals surface area contributed by atoms with E-state index in [1.54, 1.807) is 4.68 Å². The molecule has 2 unspecified atom stereocenters. The van der Waals surface area contributed by atoms with Crippen molar-refractivity contribution in [1.29, 1.82) is 0 Å². The number of carboxylic acid groups (broad SMARTS) is 1. The summed E-state index contributed by atoms with van der Waals surface area (Å²) in [5.74, 6) is -0.774. The van der Waals surface area contributed by atoms with E-state index in [-0.39, 0.29) is 22.9 Å². The van der Waals surface area contributed by atoms with Gasteiger partial charge in [-0.3, -0.25) is 14.5 Å². The Bertz CT molecular complexity index is 781. The molecule has 0 spiro atoms. The minimum atomic E-state index is -1.11. The number of β-lactam (4-membered cyclic amide) rings is 1. The van der Waals surface area contributed by atoms with Gasteiger partial charge in [0, 0.05) is 35.5 Å². The predicted molar refractivity (Wildman–Crippen MR) is 98.0 cm³/mol. The van der Waals surface area contributed by atoms with Crippen molar-refractivity contribution in [3.63, 3.8) is 0 Å². The van der Waals surface area contributed by atoms with E-state index in [4.69, 9.17) is 0 Å². The van der Waals surface area contributed by atoms with Gasteiger partial charge in [0.05, 0.1) is 7.05 Å². The van der Waals surface area contributed by atoms with Crippen LogP contribution in [0.25, 0.3) is 0 Å². The van der Waals surface area contributed by atoms with Crippen LogP contribution in [0, 0.1) is 0 Å². The van der Waals surface area contributed by atoms with Gasteiger partial charge >= 0.3 is 5.97 Å². The molecule has 3 heterocycles. The third-order valence-electron chi connectivity index (χ3n) is 4.08. The minimum Gasteiger partial charge on any atom is -0.477 e. The molecule has 8 nitrogen and oxygen atoms in total. The zero-order valence-electron chi connectivity index (χ0n) is 14.3. The second kappa shape index (κ2) is 7.58. The summed E-state index contributed by atoms with van der Waals surface area (Å²) in [6.45, 7) is 1.34. The molecule has 0 radical (unpaired) electrons. The predicted octanol–water partition coefficient (Wildman–Crippen LogP) is -0.00200. The van der Waals surface area contributed by atoms with Crippen LogP contribution in [0.5, 0.6) is 0 Å². The summed E-state index contributed by atoms with van der Waals surface area (Å²) < 4.78 is 1.80. The third-order valence-corrected chi connectivity index (χ3v) is 6.52. The smallest absolute Gasteiger partial charge is 0.352 e. The van der Waals surface area contributed by atoms with Gasteiger partial charge in [0.25, 0.3) is 5.91 Å². The van der Waals surface area contributed by atoms with Crippen molar-refractivity contribution in [3.05, 3.63) is 35.8 Å². The number of nitrogens with zero attached hydrogens (tertiary/aromatic N) is 2. The van der Waals surface area contributed by atoms with E-state index < -0.39 is 12.0 Å². The second-order valence-electron chi connectivity index (χ2n) is 5.80. The van der Waals surface area contributed by atoms with Crippen LogP contribution in [0.3, 0.4) is 0 Å². The van der Waals surface area contributed by atoms with Gasteiger partial charge in [-0.05, 0) is 5.57 Å². The van der Waals surface area contributed by atoms with Crippen LogP contribution in [0.2, 0.25) is 0 Å². The molecule has 26 heavy (non-hydrogen) atoms. The molecular weight excluding hydrogens is 376 g/mol. The maximum absolute atomic E-state index is 12.3. The molecule has 0 bridgehead atoms. The molecule has 0 aromatic carbocycles. The number of rotatable bonds is 6. The molecule has 3 rings (SSSR count). The molecule has 0 aliphatic carbocycles. The van der Waals surface area contributed by atoms with Crippen molar-refractivity contribution >= 4 is 41.3 Å². The number of amides is 2. The van der Waals surface area contributed by atoms with Crippen LogP contribution in [-0.2, 0) is 14.4 Å². The van der Waals surface area contributed by atoms with Gasteiger partial charge in [-0.1, -0.05) is 4.68 Å². The van der Waals surface area contributed by atoms with E-state index in [2.05, 4.69) is 10.7 Å². The van der Waals surface area contributed by atoms with Crippen molar-refractivity contribution in [1.82, 2.24) is 10.2 Å². The Morgan fingerprint density at radius 1 is 1.42 bits per heavy atom. The number of carboxylic acids is 1. The van der Waals surface area contributed by atoms with Crippen LogP contribution in [0.1, 0.15) is 6.92 Å². The Kier molecular flexibility index (Phi) is 5.42. The van der Waals surface area contributed by atoms with Gasteiger partial charge in [0.2, 0.25) is 18.3 Å². The first-order valence-corrected chi connectivity index (χ1v) is 9.94. The van der Waals surface area contributed by atoms with E-state index >= 15 is 0 Å². The zero-order chi connectivity index (χ0) is 18.8. The number of aromatic nitrogens is 1. The van der Waals surface area contributed by atoms with Crippen molar-refractivity contribution in [2.24, 2.45) is 0 Å². The van der Waals surface area contributed by atoms with E-state index in [0.717, 1.165) is 4.90 Å². The summed E-state index contributed by atoms with van der Waals surface area (Å²) >= 11 is 3.00. The van der Waals surface area contributed by atoms with Crippen LogP contribution >= 0.6 is 23.5 Å². The fourth-order valence-electron chi connectivity index (χ4n) is 2.84. The Balaban J connectivity index is 1.75. The van der Waals surface area contributed by atoms with Gasteiger partial charge in [0.1, 0.15) is 17.1 Å². The Morgan fingerprint density at radius 2 is 2.12 bits per heavy atom. The third kappa shape index (κ3) is 3.51. The normalized spacial score (nSPS) is 21.8. The fraction of sp³-hybridized carbons (Fsp3) is 0.375. The maximum atomic E-state index is 12.3. The van der Waals surface area contributed by atoms with Gasteiger partial charge < -0.3 is 10.4 Å². The summed E-state index contributed by atoms with van der Waals surface area (Å²) in [7, 11) is 1.81. The average Bonchev–Trinajstić information content (AvgIpc) is 2.63. The number of fused-ring (bicyclic) bond motifs is 1. The Morgan fingerprint density at radius 3 is 2.69 bits per heavy atom. The molecule has 3 N–H and O–H groups in total. The highest BCUT2D eigenvalue weighted by Gasteiger charge is 2.53. The molecule has 0 saturated carbocycles. The van der Waals surface area contributed by atoms with Crippen LogP contribution < -0.4 is 15.4 Å². The number of thioether (sulfide) groups is 2. The van der Waals surface area contributed by atoms with Gasteiger partial charge in [-0.2, -0.15) is 5.43 Å². The molecule has 10 heteroatoms. The molecule has 1 saturated heterocycles. The average molecular weight is 395 g/mol. The number of nitrogens with one attached hydrogen (secondary N) is 2. The molecule has 1 aromatic rings. The highest BCUT2D eigenvalue weighted by atomic mass is 32.2. The quantitative estimate of drug-likeness (QED) is 0.354. The number of aliphatic carboxylic acids is 1. The van der Waals surface area contributed by atoms with E-state index in [0.29, 0.717) is 17.1 Å². The van der Waals surface area contributed by atoms with Crippen molar-refractivity contribution in [2.45, 2.75) is 23.2 Å². The lowest BCUT2D eigenvalue weighted by atomic mass is 10.0. The highest BCUT2D eigenvalue weighted by molar-refractivity contribution is 8.01. The van der Waals surface area contributed by atoms with E-state index in [1.165, 1.54) is 35.3 Å². The molecular formula is C16H19N4O4S2+. The molecule has 1 fully saturated rings. The maximum Gasteiger partial charge on any atom is 0.352 e. The molecule has 2 aliphatic heterocycles. The first kappa shape index (κ1) is 18.6. The number of pyridine rings is 1. The number of carbonyl (C=O) groups excluding carboxylic acids is 2. The summed E-state index contributed by atoms with van der Waals surface area (Å²) in [4.78, 5) is 37.6.